The second kappa shape index (κ2) is 8.81. The van der Waals surface area contributed by atoms with Crippen LogP contribution in [-0.4, -0.2) is 5.97 Å². The molecule has 27 heavy (non-hydrogen) atoms. The number of benzene rings is 3. The van der Waals surface area contributed by atoms with Gasteiger partial charge in [0.25, 0.3) is 0 Å². The van der Waals surface area contributed by atoms with Crippen molar-refractivity contribution in [3.63, 3.8) is 0 Å². The van der Waals surface area contributed by atoms with Gasteiger partial charge in [0.05, 0.1) is 0 Å². The molecule has 0 unspecified atom stereocenters. The lowest BCUT2D eigenvalue weighted by molar-refractivity contribution is -0.131. The Morgan fingerprint density at radius 2 is 1.59 bits per heavy atom. The van der Waals surface area contributed by atoms with Gasteiger partial charge in [-0.25, -0.2) is 4.39 Å². The van der Waals surface area contributed by atoms with E-state index in [2.05, 4.69) is 0 Å². The lowest BCUT2D eigenvalue weighted by atomic mass is 10.1. The summed E-state index contributed by atoms with van der Waals surface area (Å²) in [6, 6.07) is 21.4. The lowest BCUT2D eigenvalue weighted by Gasteiger charge is -2.07. The van der Waals surface area contributed by atoms with Crippen molar-refractivity contribution in [1.82, 2.24) is 0 Å². The minimum absolute atomic E-state index is 0.356. The average molecular weight is 362 g/mol. The van der Waals surface area contributed by atoms with Crippen LogP contribution in [0.4, 0.5) is 4.39 Å². The Hall–Kier alpha value is -3.40. The van der Waals surface area contributed by atoms with E-state index in [0.29, 0.717) is 23.7 Å². The minimum Gasteiger partial charge on any atom is -0.489 e. The zero-order valence-electron chi connectivity index (χ0n) is 14.9. The van der Waals surface area contributed by atoms with Gasteiger partial charge in [-0.05, 0) is 41.0 Å². The summed E-state index contributed by atoms with van der Waals surface area (Å²) < 4.78 is 24.6. The normalized spacial score (nSPS) is 10.7. The summed E-state index contributed by atoms with van der Waals surface area (Å²) >= 11 is 0. The van der Waals surface area contributed by atoms with E-state index < -0.39 is 0 Å². The summed E-state index contributed by atoms with van der Waals surface area (Å²) in [5.74, 6) is 0.247. The summed E-state index contributed by atoms with van der Waals surface area (Å²) in [5.41, 5.74) is 2.62. The third-order valence-corrected chi connectivity index (χ3v) is 3.75. The molecular weight excluding hydrogens is 343 g/mol. The van der Waals surface area contributed by atoms with E-state index >= 15 is 0 Å². The van der Waals surface area contributed by atoms with Crippen LogP contribution in [0.5, 0.6) is 11.5 Å². The zero-order valence-corrected chi connectivity index (χ0v) is 14.9. The molecule has 0 radical (unpaired) electrons. The summed E-state index contributed by atoms with van der Waals surface area (Å²) in [5, 5.41) is 0. The molecule has 0 N–H and O–H groups in total. The van der Waals surface area contributed by atoms with E-state index in [1.165, 1.54) is 19.1 Å². The maximum Gasteiger partial charge on any atom is 0.308 e. The van der Waals surface area contributed by atoms with Crippen molar-refractivity contribution in [2.75, 3.05) is 0 Å². The van der Waals surface area contributed by atoms with Crippen LogP contribution in [0.3, 0.4) is 0 Å². The van der Waals surface area contributed by atoms with Crippen LogP contribution in [-0.2, 0) is 11.4 Å². The second-order valence-corrected chi connectivity index (χ2v) is 5.99. The molecule has 3 aromatic rings. The molecular formula is C23H19FO3. The molecule has 0 saturated carbocycles. The van der Waals surface area contributed by atoms with Gasteiger partial charge in [0.1, 0.15) is 23.9 Å². The molecule has 0 aromatic heterocycles. The van der Waals surface area contributed by atoms with Crippen molar-refractivity contribution in [1.29, 1.82) is 0 Å². The van der Waals surface area contributed by atoms with Crippen LogP contribution in [0.25, 0.3) is 12.2 Å². The summed E-state index contributed by atoms with van der Waals surface area (Å²) in [6.45, 7) is 1.74. The molecule has 0 atom stereocenters. The molecule has 3 nitrogen and oxygen atoms in total. The molecule has 0 spiro atoms. The topological polar surface area (TPSA) is 35.5 Å². The Morgan fingerprint density at radius 1 is 0.889 bits per heavy atom. The van der Waals surface area contributed by atoms with Gasteiger partial charge in [-0.15, -0.1) is 0 Å². The summed E-state index contributed by atoms with van der Waals surface area (Å²) in [6.07, 6.45) is 3.66. The van der Waals surface area contributed by atoms with Crippen LogP contribution in [0, 0.1) is 5.82 Å². The van der Waals surface area contributed by atoms with Crippen molar-refractivity contribution in [2.24, 2.45) is 0 Å². The van der Waals surface area contributed by atoms with E-state index in [1.54, 1.807) is 24.3 Å². The molecule has 3 aromatic carbocycles. The Labute approximate surface area is 157 Å². The first kappa shape index (κ1) is 18.4. The fraction of sp³-hybridized carbons (Fsp3) is 0.0870. The molecule has 3 rings (SSSR count). The number of halogens is 1. The molecule has 0 aliphatic rings. The number of esters is 1. The van der Waals surface area contributed by atoms with Crippen molar-refractivity contribution in [2.45, 2.75) is 13.5 Å². The van der Waals surface area contributed by atoms with E-state index in [1.807, 2.05) is 48.5 Å². The number of carbonyl (C=O) groups excluding carboxylic acids is 1. The van der Waals surface area contributed by atoms with Crippen LogP contribution in [0.15, 0.2) is 72.8 Å². The number of carbonyl (C=O) groups is 1. The number of hydrogen-bond acceptors (Lipinski definition) is 3. The van der Waals surface area contributed by atoms with Gasteiger partial charge in [0, 0.05) is 13.0 Å². The number of ether oxygens (including phenoxy) is 2. The molecule has 0 saturated heterocycles. The summed E-state index contributed by atoms with van der Waals surface area (Å²) in [7, 11) is 0. The number of hydrogen-bond donors (Lipinski definition) is 0. The smallest absolute Gasteiger partial charge is 0.308 e. The average Bonchev–Trinajstić information content (AvgIpc) is 2.66. The van der Waals surface area contributed by atoms with Gasteiger partial charge in [-0.3, -0.25) is 4.79 Å². The molecule has 0 bridgehead atoms. The predicted molar refractivity (Wildman–Crippen MR) is 104 cm³/mol. The highest BCUT2D eigenvalue weighted by Gasteiger charge is 2.02. The third kappa shape index (κ3) is 5.82. The largest absolute Gasteiger partial charge is 0.489 e. The Balaban J connectivity index is 1.68. The van der Waals surface area contributed by atoms with Crippen LogP contribution < -0.4 is 9.47 Å². The van der Waals surface area contributed by atoms with Crippen LogP contribution in [0.2, 0.25) is 0 Å². The van der Waals surface area contributed by atoms with Crippen LogP contribution in [0.1, 0.15) is 23.6 Å². The van der Waals surface area contributed by atoms with E-state index in [9.17, 15) is 9.18 Å². The third-order valence-electron chi connectivity index (χ3n) is 3.75. The van der Waals surface area contributed by atoms with E-state index in [4.69, 9.17) is 9.47 Å². The molecule has 0 fully saturated rings. The second-order valence-electron chi connectivity index (χ2n) is 5.99. The molecule has 4 heteroatoms. The highest BCUT2D eigenvalue weighted by molar-refractivity contribution is 5.72. The lowest BCUT2D eigenvalue weighted by Crippen LogP contribution is -2.00. The van der Waals surface area contributed by atoms with Gasteiger partial charge in [0.15, 0.2) is 0 Å². The van der Waals surface area contributed by atoms with Crippen molar-refractivity contribution < 1.29 is 18.7 Å². The highest BCUT2D eigenvalue weighted by atomic mass is 19.1. The van der Waals surface area contributed by atoms with Crippen molar-refractivity contribution in [3.05, 3.63) is 95.3 Å². The monoisotopic (exact) mass is 362 g/mol. The first-order valence-corrected chi connectivity index (χ1v) is 8.52. The van der Waals surface area contributed by atoms with Gasteiger partial charge in [-0.1, -0.05) is 54.6 Å². The predicted octanol–water partition coefficient (Wildman–Crippen LogP) is 5.50. The molecule has 0 aliphatic heterocycles. The first-order valence-electron chi connectivity index (χ1n) is 8.52. The Bertz CT molecular complexity index is 932. The molecule has 0 aliphatic carbocycles. The maximum atomic E-state index is 13.9. The first-order chi connectivity index (χ1) is 13.1. The standard InChI is InChI=1S/C23H19FO3/c1-17(25)27-22-11-9-18(10-12-22)7-8-20-13-21(24)15-23(14-20)26-16-19-5-3-2-4-6-19/h2-15H,16H2,1H3/b8-7+. The SMILES string of the molecule is CC(=O)Oc1ccc(/C=C/c2cc(F)cc(OCc3ccccc3)c2)cc1. The van der Waals surface area contributed by atoms with Gasteiger partial charge in [-0.2, -0.15) is 0 Å². The summed E-state index contributed by atoms with van der Waals surface area (Å²) in [4.78, 5) is 10.9. The quantitative estimate of drug-likeness (QED) is 0.330. The molecule has 0 amide bonds. The van der Waals surface area contributed by atoms with Crippen molar-refractivity contribution in [3.8, 4) is 11.5 Å². The van der Waals surface area contributed by atoms with Crippen LogP contribution >= 0.6 is 0 Å². The maximum absolute atomic E-state index is 13.9. The van der Waals surface area contributed by atoms with Gasteiger partial charge in [0.2, 0.25) is 0 Å². The fourth-order valence-corrected chi connectivity index (χ4v) is 2.51. The fourth-order valence-electron chi connectivity index (χ4n) is 2.51. The minimum atomic E-state index is -0.360. The van der Waals surface area contributed by atoms with E-state index in [0.717, 1.165) is 11.1 Å². The highest BCUT2D eigenvalue weighted by Crippen LogP contribution is 2.20. The van der Waals surface area contributed by atoms with Gasteiger partial charge < -0.3 is 9.47 Å². The Kier molecular flexibility index (Phi) is 6.00. The zero-order chi connectivity index (χ0) is 19.1. The molecule has 136 valence electrons. The number of rotatable bonds is 6. The molecule has 0 heterocycles. The van der Waals surface area contributed by atoms with Crippen molar-refractivity contribution >= 4 is 18.1 Å². The van der Waals surface area contributed by atoms with Gasteiger partial charge >= 0.3 is 5.97 Å². The van der Waals surface area contributed by atoms with E-state index in [-0.39, 0.29) is 11.8 Å². The Morgan fingerprint density at radius 3 is 2.30 bits per heavy atom.